The van der Waals surface area contributed by atoms with Gasteiger partial charge >= 0.3 is 5.97 Å². The Morgan fingerprint density at radius 2 is 2.00 bits per heavy atom. The van der Waals surface area contributed by atoms with E-state index in [9.17, 15) is 10.1 Å². The maximum absolute atomic E-state index is 12.3. The van der Waals surface area contributed by atoms with E-state index in [1.165, 1.54) is 6.07 Å². The zero-order valence-electron chi connectivity index (χ0n) is 17.3. The quantitative estimate of drug-likeness (QED) is 0.481. The molecule has 0 atom stereocenters. The van der Waals surface area contributed by atoms with Gasteiger partial charge in [-0.1, -0.05) is 18.3 Å². The van der Waals surface area contributed by atoms with Crippen molar-refractivity contribution >= 4 is 18.2 Å². The third kappa shape index (κ3) is 5.13. The number of carbonyl (C=O) groups excluding carboxylic acids is 1. The Balaban J connectivity index is 2.36. The zero-order chi connectivity index (χ0) is 21.6. The molecule has 0 amide bonds. The fourth-order valence-corrected chi connectivity index (χ4v) is 3.28. The third-order valence-corrected chi connectivity index (χ3v) is 4.93. The average Bonchev–Trinajstić information content (AvgIpc) is 2.71. The molecule has 0 spiro atoms. The first-order valence-corrected chi connectivity index (χ1v) is 9.48. The van der Waals surface area contributed by atoms with Gasteiger partial charge in [-0.25, -0.2) is 4.79 Å². The van der Waals surface area contributed by atoms with Crippen LogP contribution in [0, 0.1) is 22.9 Å². The second kappa shape index (κ2) is 10.0. The van der Waals surface area contributed by atoms with E-state index < -0.39 is 5.97 Å². The van der Waals surface area contributed by atoms with E-state index in [1.54, 1.807) is 32.6 Å². The van der Waals surface area contributed by atoms with Gasteiger partial charge in [-0.2, -0.15) is 5.26 Å². The first kappa shape index (κ1) is 22.4. The molecule has 8 heteroatoms. The molecular weight excluding hydrogens is 390 g/mol. The Hall–Kier alpha value is -2.89. The largest absolute Gasteiger partial charge is 0.497 e. The van der Waals surface area contributed by atoms with Gasteiger partial charge < -0.3 is 18.8 Å². The van der Waals surface area contributed by atoms with Crippen molar-refractivity contribution in [3.8, 4) is 17.6 Å². The normalized spacial score (nSPS) is 10.5. The molecule has 1 heterocycles. The first-order valence-electron chi connectivity index (χ1n) is 9.07. The van der Waals surface area contributed by atoms with Gasteiger partial charge in [-0.05, 0) is 33.0 Å². The molecule has 0 fully saturated rings. The van der Waals surface area contributed by atoms with Crippen molar-refractivity contribution < 1.29 is 19.0 Å². The van der Waals surface area contributed by atoms with Crippen molar-refractivity contribution in [2.24, 2.45) is 0 Å². The lowest BCUT2D eigenvalue weighted by molar-refractivity contribution is 0.0523. The minimum Gasteiger partial charge on any atom is -0.497 e. The van der Waals surface area contributed by atoms with Crippen LogP contribution < -0.4 is 9.47 Å². The smallest absolute Gasteiger partial charge is 0.339 e. The van der Waals surface area contributed by atoms with E-state index >= 15 is 0 Å². The van der Waals surface area contributed by atoms with E-state index in [4.69, 9.17) is 26.4 Å². The molecule has 0 saturated carbocycles. The molecule has 1 aromatic heterocycles. The molecule has 29 heavy (non-hydrogen) atoms. The molecule has 0 aliphatic rings. The number of aromatic nitrogens is 1. The molecule has 0 unspecified atom stereocenters. The summed E-state index contributed by atoms with van der Waals surface area (Å²) in [5, 5.41) is 9.43. The van der Waals surface area contributed by atoms with Gasteiger partial charge in [0, 0.05) is 23.9 Å². The Bertz CT molecular complexity index is 995. The number of hydrogen-bond acceptors (Lipinski definition) is 7. The lowest BCUT2D eigenvalue weighted by atomic mass is 10.1. The molecule has 0 N–H and O–H groups in total. The van der Waals surface area contributed by atoms with Crippen LogP contribution in [0.3, 0.4) is 0 Å². The SMILES string of the molecule is CCOC(=O)c1cc(C#N)c(=S)n(CN(C)Cc2ccc(OC)cc2OC)c1C. The number of pyridine rings is 1. The van der Waals surface area contributed by atoms with E-state index in [-0.39, 0.29) is 12.2 Å². The van der Waals surface area contributed by atoms with Crippen LogP contribution in [0.15, 0.2) is 24.3 Å². The molecule has 2 rings (SSSR count). The summed E-state index contributed by atoms with van der Waals surface area (Å²) in [4.78, 5) is 14.3. The van der Waals surface area contributed by atoms with Crippen molar-refractivity contribution in [3.05, 3.63) is 51.3 Å². The summed E-state index contributed by atoms with van der Waals surface area (Å²) in [5.74, 6) is 0.964. The van der Waals surface area contributed by atoms with Gasteiger partial charge in [0.15, 0.2) is 0 Å². The monoisotopic (exact) mass is 415 g/mol. The zero-order valence-corrected chi connectivity index (χ0v) is 18.1. The molecule has 2 aromatic rings. The number of rotatable bonds is 8. The Labute approximate surface area is 176 Å². The van der Waals surface area contributed by atoms with Crippen molar-refractivity contribution in [2.45, 2.75) is 27.1 Å². The molecular formula is C21H25N3O4S. The summed E-state index contributed by atoms with van der Waals surface area (Å²) in [6.07, 6.45) is 0. The van der Waals surface area contributed by atoms with E-state index in [0.717, 1.165) is 11.3 Å². The summed E-state index contributed by atoms with van der Waals surface area (Å²) in [7, 11) is 5.14. The first-order chi connectivity index (χ1) is 13.9. The van der Waals surface area contributed by atoms with Crippen LogP contribution in [0.2, 0.25) is 0 Å². The van der Waals surface area contributed by atoms with Gasteiger partial charge in [-0.3, -0.25) is 4.90 Å². The number of nitriles is 1. The summed E-state index contributed by atoms with van der Waals surface area (Å²) >= 11 is 5.47. The van der Waals surface area contributed by atoms with Crippen LogP contribution in [0.4, 0.5) is 0 Å². The lowest BCUT2D eigenvalue weighted by Crippen LogP contribution is -2.25. The minimum atomic E-state index is -0.468. The Kier molecular flexibility index (Phi) is 7.76. The number of ether oxygens (including phenoxy) is 3. The summed E-state index contributed by atoms with van der Waals surface area (Å²) < 4.78 is 18.0. The van der Waals surface area contributed by atoms with Crippen LogP contribution in [0.5, 0.6) is 11.5 Å². The second-order valence-corrected chi connectivity index (χ2v) is 6.84. The predicted molar refractivity (Wildman–Crippen MR) is 112 cm³/mol. The highest BCUT2D eigenvalue weighted by atomic mass is 32.1. The molecule has 154 valence electrons. The highest BCUT2D eigenvalue weighted by Gasteiger charge is 2.18. The Morgan fingerprint density at radius 1 is 1.28 bits per heavy atom. The molecule has 0 aliphatic heterocycles. The van der Waals surface area contributed by atoms with Crippen LogP contribution in [-0.4, -0.2) is 43.3 Å². The van der Waals surface area contributed by atoms with E-state index in [0.29, 0.717) is 34.9 Å². The number of esters is 1. The maximum Gasteiger partial charge on any atom is 0.339 e. The standard InChI is InChI=1S/C21H25N3O4S/c1-6-28-21(25)18-9-16(11-22)20(29)24(14(18)2)13-23(3)12-15-7-8-17(26-4)10-19(15)27-5/h7-10H,6,12-13H2,1-5H3. The van der Waals surface area contributed by atoms with Crippen LogP contribution in [0.1, 0.15) is 34.1 Å². The molecule has 1 aromatic carbocycles. The van der Waals surface area contributed by atoms with Gasteiger partial charge in [0.25, 0.3) is 0 Å². The second-order valence-electron chi connectivity index (χ2n) is 6.46. The van der Waals surface area contributed by atoms with Crippen LogP contribution >= 0.6 is 12.2 Å². The summed E-state index contributed by atoms with van der Waals surface area (Å²) in [5.41, 5.74) is 2.24. The fraction of sp³-hybridized carbons (Fsp3) is 0.381. The topological polar surface area (TPSA) is 76.7 Å². The number of methoxy groups -OCH3 is 2. The van der Waals surface area contributed by atoms with Gasteiger partial charge in [0.2, 0.25) is 0 Å². The van der Waals surface area contributed by atoms with Gasteiger partial charge in [0.05, 0.1) is 38.6 Å². The molecule has 0 aliphatic carbocycles. The minimum absolute atomic E-state index is 0.257. The number of hydrogen-bond donors (Lipinski definition) is 0. The predicted octanol–water partition coefficient (Wildman–Crippen LogP) is 3.68. The lowest BCUT2D eigenvalue weighted by Gasteiger charge is -2.23. The molecule has 0 radical (unpaired) electrons. The van der Waals surface area contributed by atoms with Crippen LogP contribution in [0.25, 0.3) is 0 Å². The molecule has 7 nitrogen and oxygen atoms in total. The number of benzene rings is 1. The third-order valence-electron chi connectivity index (χ3n) is 4.49. The fourth-order valence-electron chi connectivity index (χ4n) is 2.98. The molecule has 0 saturated heterocycles. The number of nitrogens with zero attached hydrogens (tertiary/aromatic N) is 3. The van der Waals surface area contributed by atoms with Crippen LogP contribution in [-0.2, 0) is 18.0 Å². The van der Waals surface area contributed by atoms with E-state index in [1.807, 2.05) is 30.1 Å². The Morgan fingerprint density at radius 3 is 2.59 bits per heavy atom. The van der Waals surface area contributed by atoms with Crippen molar-refractivity contribution in [2.75, 3.05) is 27.9 Å². The summed E-state index contributed by atoms with van der Waals surface area (Å²) in [6, 6.07) is 9.21. The van der Waals surface area contributed by atoms with Crippen molar-refractivity contribution in [1.29, 1.82) is 5.26 Å². The average molecular weight is 416 g/mol. The van der Waals surface area contributed by atoms with Gasteiger partial charge in [-0.15, -0.1) is 0 Å². The number of carbonyl (C=O) groups is 1. The molecule has 0 bridgehead atoms. The van der Waals surface area contributed by atoms with E-state index in [2.05, 4.69) is 6.07 Å². The van der Waals surface area contributed by atoms with Crippen molar-refractivity contribution in [1.82, 2.24) is 9.47 Å². The summed E-state index contributed by atoms with van der Waals surface area (Å²) in [6.45, 7) is 4.75. The van der Waals surface area contributed by atoms with Crippen molar-refractivity contribution in [3.63, 3.8) is 0 Å². The highest BCUT2D eigenvalue weighted by Crippen LogP contribution is 2.26. The van der Waals surface area contributed by atoms with Gasteiger partial charge in [0.1, 0.15) is 22.2 Å². The maximum atomic E-state index is 12.3. The highest BCUT2D eigenvalue weighted by molar-refractivity contribution is 7.71.